The number of hydrogen-bond donors (Lipinski definition) is 0. The van der Waals surface area contributed by atoms with Gasteiger partial charge in [-0.2, -0.15) is 0 Å². The number of Topliss-reactive ketones (excluding diaryl/α,β-unsaturated/α-hetero) is 1. The van der Waals surface area contributed by atoms with Gasteiger partial charge < -0.3 is 14.2 Å². The van der Waals surface area contributed by atoms with E-state index < -0.39 is 5.82 Å². The molecule has 0 unspecified atom stereocenters. The molecule has 146 valence electrons. The van der Waals surface area contributed by atoms with Gasteiger partial charge >= 0.3 is 0 Å². The van der Waals surface area contributed by atoms with E-state index in [9.17, 15) is 9.18 Å². The fourth-order valence-electron chi connectivity index (χ4n) is 3.24. The van der Waals surface area contributed by atoms with E-state index in [0.29, 0.717) is 34.8 Å². The highest BCUT2D eigenvalue weighted by Gasteiger charge is 2.30. The lowest BCUT2D eigenvalue weighted by molar-refractivity contribution is 0.101. The van der Waals surface area contributed by atoms with Crippen molar-refractivity contribution in [1.82, 2.24) is 0 Å². The van der Waals surface area contributed by atoms with E-state index in [2.05, 4.69) is 0 Å². The second-order valence-electron chi connectivity index (χ2n) is 6.63. The average Bonchev–Trinajstić information content (AvgIpc) is 3.06. The summed E-state index contributed by atoms with van der Waals surface area (Å²) in [7, 11) is 1.61. The molecular formula is C24H19FO4. The molecule has 3 aromatic carbocycles. The topological polar surface area (TPSA) is 44.8 Å². The van der Waals surface area contributed by atoms with E-state index in [1.807, 2.05) is 31.2 Å². The molecule has 4 nitrogen and oxygen atoms in total. The Balaban J connectivity index is 1.59. The third kappa shape index (κ3) is 3.59. The Morgan fingerprint density at radius 3 is 2.55 bits per heavy atom. The number of fused-ring (bicyclic) bond motifs is 1. The van der Waals surface area contributed by atoms with Crippen molar-refractivity contribution in [3.63, 3.8) is 0 Å². The number of ether oxygens (including phenoxy) is 3. The molecule has 29 heavy (non-hydrogen) atoms. The number of methoxy groups -OCH3 is 1. The summed E-state index contributed by atoms with van der Waals surface area (Å²) in [6, 6.07) is 17.3. The van der Waals surface area contributed by atoms with Crippen LogP contribution in [-0.4, -0.2) is 12.9 Å². The fraction of sp³-hybridized carbons (Fsp3) is 0.125. The van der Waals surface area contributed by atoms with Gasteiger partial charge in [0.05, 0.1) is 12.7 Å². The third-order valence-electron chi connectivity index (χ3n) is 4.80. The van der Waals surface area contributed by atoms with Crippen molar-refractivity contribution < 1.29 is 23.4 Å². The van der Waals surface area contributed by atoms with Crippen molar-refractivity contribution in [2.24, 2.45) is 0 Å². The van der Waals surface area contributed by atoms with Crippen LogP contribution in [0.1, 0.15) is 27.0 Å². The van der Waals surface area contributed by atoms with Gasteiger partial charge in [-0.1, -0.05) is 36.4 Å². The van der Waals surface area contributed by atoms with Crippen molar-refractivity contribution >= 4 is 11.9 Å². The van der Waals surface area contributed by atoms with Gasteiger partial charge in [0, 0.05) is 16.7 Å². The van der Waals surface area contributed by atoms with Crippen molar-refractivity contribution in [3.05, 3.63) is 94.5 Å². The summed E-state index contributed by atoms with van der Waals surface area (Å²) in [4.78, 5) is 12.7. The second-order valence-corrected chi connectivity index (χ2v) is 6.63. The molecule has 0 radical (unpaired) electrons. The zero-order chi connectivity index (χ0) is 20.4. The molecule has 1 aliphatic rings. The standard InChI is InChI=1S/C24H19FO4/c1-15-20(28-14-17-8-4-6-10-21(17)27-2)12-11-18-23(26)22(29-24(15)18)13-16-7-3-5-9-19(16)25/h3-13H,14H2,1-2H3/b22-13-. The molecule has 0 aliphatic carbocycles. The molecule has 1 heterocycles. The number of allylic oxidation sites excluding steroid dienone is 1. The van der Waals surface area contributed by atoms with Gasteiger partial charge in [-0.15, -0.1) is 0 Å². The number of carbonyl (C=O) groups is 1. The Morgan fingerprint density at radius 1 is 1.00 bits per heavy atom. The highest BCUT2D eigenvalue weighted by Crippen LogP contribution is 2.39. The van der Waals surface area contributed by atoms with E-state index in [1.54, 1.807) is 37.4 Å². The predicted molar refractivity (Wildman–Crippen MR) is 108 cm³/mol. The molecular weight excluding hydrogens is 371 g/mol. The summed E-state index contributed by atoms with van der Waals surface area (Å²) in [6.45, 7) is 2.14. The van der Waals surface area contributed by atoms with Crippen LogP contribution in [0, 0.1) is 12.7 Å². The minimum atomic E-state index is -0.412. The summed E-state index contributed by atoms with van der Waals surface area (Å²) in [5, 5.41) is 0. The molecule has 0 bridgehead atoms. The van der Waals surface area contributed by atoms with E-state index >= 15 is 0 Å². The van der Waals surface area contributed by atoms with E-state index in [1.165, 1.54) is 12.1 Å². The molecule has 0 amide bonds. The summed E-state index contributed by atoms with van der Waals surface area (Å²) in [5.41, 5.74) is 2.36. The Labute approximate surface area is 168 Å². The SMILES string of the molecule is COc1ccccc1COc1ccc2c(c1C)O/C(=C\c1ccccc1F)C2=O. The number of rotatable bonds is 5. The summed E-state index contributed by atoms with van der Waals surface area (Å²) >= 11 is 0. The van der Waals surface area contributed by atoms with Crippen LogP contribution in [0.4, 0.5) is 4.39 Å². The van der Waals surface area contributed by atoms with E-state index in [4.69, 9.17) is 14.2 Å². The summed E-state index contributed by atoms with van der Waals surface area (Å²) in [5.74, 6) is 1.19. The molecule has 0 spiro atoms. The van der Waals surface area contributed by atoms with Gasteiger partial charge in [-0.05, 0) is 37.3 Å². The Hall–Kier alpha value is -3.60. The van der Waals surface area contributed by atoms with Crippen LogP contribution in [0.3, 0.4) is 0 Å². The van der Waals surface area contributed by atoms with Gasteiger partial charge in [0.25, 0.3) is 0 Å². The van der Waals surface area contributed by atoms with Gasteiger partial charge in [0.2, 0.25) is 5.78 Å². The first-order valence-corrected chi connectivity index (χ1v) is 9.15. The van der Waals surface area contributed by atoms with Crippen LogP contribution in [0.25, 0.3) is 6.08 Å². The Bertz CT molecular complexity index is 1120. The smallest absolute Gasteiger partial charge is 0.231 e. The van der Waals surface area contributed by atoms with Crippen LogP contribution in [0.5, 0.6) is 17.2 Å². The number of para-hydroxylation sites is 1. The van der Waals surface area contributed by atoms with Gasteiger partial charge in [-0.25, -0.2) is 4.39 Å². The van der Waals surface area contributed by atoms with Gasteiger partial charge in [-0.3, -0.25) is 4.79 Å². The lowest BCUT2D eigenvalue weighted by Gasteiger charge is -2.13. The fourth-order valence-corrected chi connectivity index (χ4v) is 3.24. The molecule has 0 atom stereocenters. The van der Waals surface area contributed by atoms with Gasteiger partial charge in [0.15, 0.2) is 5.76 Å². The molecule has 3 aromatic rings. The highest BCUT2D eigenvalue weighted by molar-refractivity contribution is 6.15. The lowest BCUT2D eigenvalue weighted by atomic mass is 10.1. The molecule has 0 aromatic heterocycles. The molecule has 0 N–H and O–H groups in total. The number of halogens is 1. The second kappa shape index (κ2) is 7.80. The maximum absolute atomic E-state index is 13.9. The Kier molecular flexibility index (Phi) is 5.04. The lowest BCUT2D eigenvalue weighted by Crippen LogP contribution is -2.00. The molecule has 0 saturated heterocycles. The number of benzene rings is 3. The Morgan fingerprint density at radius 2 is 1.76 bits per heavy atom. The third-order valence-corrected chi connectivity index (χ3v) is 4.80. The number of carbonyl (C=O) groups excluding carboxylic acids is 1. The monoisotopic (exact) mass is 390 g/mol. The van der Waals surface area contributed by atoms with Crippen molar-refractivity contribution in [2.45, 2.75) is 13.5 Å². The predicted octanol–water partition coefficient (Wildman–Crippen LogP) is 5.34. The van der Waals surface area contributed by atoms with Crippen LogP contribution in [0.2, 0.25) is 0 Å². The van der Waals surface area contributed by atoms with Crippen LogP contribution < -0.4 is 14.2 Å². The van der Waals surface area contributed by atoms with Crippen LogP contribution in [0.15, 0.2) is 66.4 Å². The first kappa shape index (κ1) is 18.7. The van der Waals surface area contributed by atoms with Crippen LogP contribution in [-0.2, 0) is 6.61 Å². The minimum Gasteiger partial charge on any atom is -0.496 e. The maximum Gasteiger partial charge on any atom is 0.231 e. The zero-order valence-electron chi connectivity index (χ0n) is 16.1. The molecule has 0 saturated carbocycles. The minimum absolute atomic E-state index is 0.0927. The number of hydrogen-bond acceptors (Lipinski definition) is 4. The molecule has 0 fully saturated rings. The summed E-state index contributed by atoms with van der Waals surface area (Å²) < 4.78 is 31.0. The zero-order valence-corrected chi connectivity index (χ0v) is 16.1. The molecule has 1 aliphatic heterocycles. The molecule has 5 heteroatoms. The van der Waals surface area contributed by atoms with Gasteiger partial charge in [0.1, 0.15) is 29.7 Å². The first-order valence-electron chi connectivity index (χ1n) is 9.15. The summed E-state index contributed by atoms with van der Waals surface area (Å²) in [6.07, 6.45) is 1.42. The highest BCUT2D eigenvalue weighted by atomic mass is 19.1. The van der Waals surface area contributed by atoms with Crippen molar-refractivity contribution in [3.8, 4) is 17.2 Å². The normalized spacial score (nSPS) is 13.9. The van der Waals surface area contributed by atoms with Crippen molar-refractivity contribution in [1.29, 1.82) is 0 Å². The maximum atomic E-state index is 13.9. The van der Waals surface area contributed by atoms with E-state index in [0.717, 1.165) is 11.3 Å². The quantitative estimate of drug-likeness (QED) is 0.552. The van der Waals surface area contributed by atoms with Crippen LogP contribution >= 0.6 is 0 Å². The van der Waals surface area contributed by atoms with E-state index in [-0.39, 0.29) is 11.5 Å². The first-order chi connectivity index (χ1) is 14.1. The van der Waals surface area contributed by atoms with Crippen molar-refractivity contribution in [2.75, 3.05) is 7.11 Å². The average molecular weight is 390 g/mol. The number of ketones is 1. The molecule has 4 rings (SSSR count). The largest absolute Gasteiger partial charge is 0.496 e.